The largest absolute Gasteiger partial charge is 0.359 e. The first kappa shape index (κ1) is 14.4. The van der Waals surface area contributed by atoms with E-state index in [0.29, 0.717) is 6.54 Å². The fourth-order valence-electron chi connectivity index (χ4n) is 2.90. The van der Waals surface area contributed by atoms with Gasteiger partial charge >= 0.3 is 0 Å². The van der Waals surface area contributed by atoms with Gasteiger partial charge in [-0.1, -0.05) is 35.9 Å². The summed E-state index contributed by atoms with van der Waals surface area (Å²) >= 11 is 0. The Bertz CT molecular complexity index is 832. The van der Waals surface area contributed by atoms with Crippen molar-refractivity contribution >= 4 is 22.5 Å². The highest BCUT2D eigenvalue weighted by Crippen LogP contribution is 2.28. The van der Waals surface area contributed by atoms with Gasteiger partial charge in [0.25, 0.3) is 5.91 Å². The number of aryl methyl sites for hydroxylation is 2. The number of nitrogens with zero attached hydrogens (tertiary/aromatic N) is 1. The molecule has 1 heterocycles. The van der Waals surface area contributed by atoms with E-state index in [1.807, 2.05) is 68.3 Å². The zero-order valence-electron chi connectivity index (χ0n) is 13.2. The van der Waals surface area contributed by atoms with E-state index in [1.54, 1.807) is 0 Å². The van der Waals surface area contributed by atoms with E-state index in [-0.39, 0.29) is 5.91 Å². The number of benzene rings is 2. The Hall–Kier alpha value is -2.55. The molecule has 1 aromatic heterocycles. The molecular weight excluding hydrogens is 272 g/mol. The molecule has 0 saturated heterocycles. The number of rotatable bonds is 3. The van der Waals surface area contributed by atoms with Gasteiger partial charge in [-0.3, -0.25) is 4.79 Å². The number of para-hydroxylation sites is 1. The average Bonchev–Trinajstić information content (AvgIpc) is 2.92. The molecule has 22 heavy (non-hydrogen) atoms. The van der Waals surface area contributed by atoms with Crippen molar-refractivity contribution in [1.82, 2.24) is 4.98 Å². The minimum absolute atomic E-state index is 0.0461. The fourth-order valence-corrected chi connectivity index (χ4v) is 2.90. The molecule has 0 bridgehead atoms. The van der Waals surface area contributed by atoms with E-state index in [9.17, 15) is 4.79 Å². The van der Waals surface area contributed by atoms with Crippen molar-refractivity contribution in [2.45, 2.75) is 20.8 Å². The van der Waals surface area contributed by atoms with Gasteiger partial charge in [-0.2, -0.15) is 0 Å². The molecule has 3 heteroatoms. The van der Waals surface area contributed by atoms with Gasteiger partial charge in [-0.25, -0.2) is 0 Å². The lowest BCUT2D eigenvalue weighted by Crippen LogP contribution is -2.31. The average molecular weight is 292 g/mol. The molecule has 0 saturated carbocycles. The number of aromatic amines is 1. The molecule has 0 radical (unpaired) electrons. The maximum atomic E-state index is 13.0. The summed E-state index contributed by atoms with van der Waals surface area (Å²) in [5, 5.41) is 1.07. The molecule has 112 valence electrons. The van der Waals surface area contributed by atoms with Crippen LogP contribution in [-0.4, -0.2) is 17.4 Å². The van der Waals surface area contributed by atoms with Crippen molar-refractivity contribution < 1.29 is 4.79 Å². The van der Waals surface area contributed by atoms with Crippen molar-refractivity contribution in [3.8, 4) is 0 Å². The number of H-pyrrole nitrogens is 1. The maximum absolute atomic E-state index is 13.0. The van der Waals surface area contributed by atoms with Crippen LogP contribution in [0.4, 0.5) is 5.69 Å². The van der Waals surface area contributed by atoms with Crippen molar-refractivity contribution in [2.24, 2.45) is 0 Å². The van der Waals surface area contributed by atoms with Crippen LogP contribution in [0, 0.1) is 13.8 Å². The Morgan fingerprint density at radius 3 is 2.64 bits per heavy atom. The van der Waals surface area contributed by atoms with Crippen LogP contribution in [0.2, 0.25) is 0 Å². The first-order chi connectivity index (χ1) is 10.6. The number of carbonyl (C=O) groups excluding carboxylic acids is 1. The third-order valence-corrected chi connectivity index (χ3v) is 4.03. The third-order valence-electron chi connectivity index (χ3n) is 4.03. The van der Waals surface area contributed by atoms with Crippen LogP contribution in [0.25, 0.3) is 10.9 Å². The summed E-state index contributed by atoms with van der Waals surface area (Å²) in [6.45, 7) is 6.67. The molecule has 1 N–H and O–H groups in total. The standard InChI is InChI=1S/C19H20N2O/c1-4-21(18-12-20-17-8-6-5-7-16(17)18)19(22)15-10-9-13(2)11-14(15)3/h5-12,20H,4H2,1-3H3. The zero-order chi connectivity index (χ0) is 15.7. The summed E-state index contributed by atoms with van der Waals surface area (Å²) in [7, 11) is 0. The molecule has 0 atom stereocenters. The second-order valence-electron chi connectivity index (χ2n) is 5.59. The summed E-state index contributed by atoms with van der Waals surface area (Å²) < 4.78 is 0. The summed E-state index contributed by atoms with van der Waals surface area (Å²) in [4.78, 5) is 18.0. The van der Waals surface area contributed by atoms with Gasteiger partial charge in [0, 0.05) is 29.2 Å². The molecule has 0 aliphatic rings. The van der Waals surface area contributed by atoms with Gasteiger partial charge in [0.2, 0.25) is 0 Å². The van der Waals surface area contributed by atoms with Crippen LogP contribution in [0.1, 0.15) is 28.4 Å². The second kappa shape index (κ2) is 5.68. The Morgan fingerprint density at radius 2 is 1.91 bits per heavy atom. The number of carbonyl (C=O) groups is 1. The molecule has 1 amide bonds. The SMILES string of the molecule is CCN(C(=O)c1ccc(C)cc1C)c1c[nH]c2ccccc12. The Morgan fingerprint density at radius 1 is 1.14 bits per heavy atom. The van der Waals surface area contributed by atoms with E-state index >= 15 is 0 Å². The lowest BCUT2D eigenvalue weighted by molar-refractivity contribution is 0.0988. The van der Waals surface area contributed by atoms with E-state index in [1.165, 1.54) is 5.56 Å². The Labute approximate surface area is 130 Å². The van der Waals surface area contributed by atoms with Gasteiger partial charge in [-0.15, -0.1) is 0 Å². The molecule has 3 nitrogen and oxygen atoms in total. The van der Waals surface area contributed by atoms with Gasteiger partial charge in [0.1, 0.15) is 0 Å². The van der Waals surface area contributed by atoms with Crippen molar-refractivity contribution in [3.63, 3.8) is 0 Å². The van der Waals surface area contributed by atoms with Crippen LogP contribution in [-0.2, 0) is 0 Å². The zero-order valence-corrected chi connectivity index (χ0v) is 13.2. The molecule has 2 aromatic carbocycles. The van der Waals surface area contributed by atoms with Crippen molar-refractivity contribution in [3.05, 3.63) is 65.4 Å². The Kier molecular flexibility index (Phi) is 3.72. The van der Waals surface area contributed by atoms with Crippen LogP contribution in [0.3, 0.4) is 0 Å². The highest BCUT2D eigenvalue weighted by molar-refractivity contribution is 6.11. The predicted octanol–water partition coefficient (Wildman–Crippen LogP) is 4.45. The Balaban J connectivity index is 2.05. The molecule has 3 aromatic rings. The number of hydrogen-bond acceptors (Lipinski definition) is 1. The van der Waals surface area contributed by atoms with Crippen LogP contribution in [0.15, 0.2) is 48.7 Å². The van der Waals surface area contributed by atoms with Crippen LogP contribution in [0.5, 0.6) is 0 Å². The summed E-state index contributed by atoms with van der Waals surface area (Å²) in [5.41, 5.74) is 4.93. The first-order valence-electron chi connectivity index (χ1n) is 7.57. The fraction of sp³-hybridized carbons (Fsp3) is 0.211. The topological polar surface area (TPSA) is 36.1 Å². The van der Waals surface area contributed by atoms with Gasteiger partial charge in [0.05, 0.1) is 5.69 Å². The van der Waals surface area contributed by atoms with Gasteiger partial charge < -0.3 is 9.88 Å². The number of hydrogen-bond donors (Lipinski definition) is 1. The monoisotopic (exact) mass is 292 g/mol. The minimum atomic E-state index is 0.0461. The summed E-state index contributed by atoms with van der Waals surface area (Å²) in [6, 6.07) is 14.0. The quantitative estimate of drug-likeness (QED) is 0.760. The van der Waals surface area contributed by atoms with E-state index < -0.39 is 0 Å². The van der Waals surface area contributed by atoms with Gasteiger partial charge in [-0.05, 0) is 38.5 Å². The normalized spacial score (nSPS) is 10.9. The number of fused-ring (bicyclic) bond motifs is 1. The first-order valence-corrected chi connectivity index (χ1v) is 7.57. The molecule has 3 rings (SSSR count). The van der Waals surface area contributed by atoms with Crippen LogP contribution < -0.4 is 4.90 Å². The van der Waals surface area contributed by atoms with Gasteiger partial charge in [0.15, 0.2) is 0 Å². The minimum Gasteiger partial charge on any atom is -0.359 e. The van der Waals surface area contributed by atoms with E-state index in [2.05, 4.69) is 11.1 Å². The smallest absolute Gasteiger partial charge is 0.258 e. The highest BCUT2D eigenvalue weighted by Gasteiger charge is 2.20. The lowest BCUT2D eigenvalue weighted by atomic mass is 10.0. The molecule has 0 spiro atoms. The predicted molar refractivity (Wildman–Crippen MR) is 91.6 cm³/mol. The van der Waals surface area contributed by atoms with Crippen molar-refractivity contribution in [1.29, 1.82) is 0 Å². The molecule has 0 unspecified atom stereocenters. The highest BCUT2D eigenvalue weighted by atomic mass is 16.2. The molecule has 0 aliphatic heterocycles. The molecule has 0 fully saturated rings. The van der Waals surface area contributed by atoms with Crippen molar-refractivity contribution in [2.75, 3.05) is 11.4 Å². The molecule has 0 aliphatic carbocycles. The summed E-state index contributed by atoms with van der Waals surface area (Å²) in [5.74, 6) is 0.0461. The number of nitrogens with one attached hydrogen (secondary N) is 1. The van der Waals surface area contributed by atoms with E-state index in [4.69, 9.17) is 0 Å². The third kappa shape index (κ3) is 2.39. The second-order valence-corrected chi connectivity index (χ2v) is 5.59. The summed E-state index contributed by atoms with van der Waals surface area (Å²) in [6.07, 6.45) is 1.91. The number of aromatic nitrogens is 1. The maximum Gasteiger partial charge on any atom is 0.258 e. The van der Waals surface area contributed by atoms with Crippen LogP contribution >= 0.6 is 0 Å². The number of anilines is 1. The molecular formula is C19H20N2O. The number of amides is 1. The van der Waals surface area contributed by atoms with E-state index in [0.717, 1.165) is 27.7 Å². The lowest BCUT2D eigenvalue weighted by Gasteiger charge is -2.21.